The summed E-state index contributed by atoms with van der Waals surface area (Å²) in [4.78, 5) is 4.39. The molecule has 1 aromatic rings. The van der Waals surface area contributed by atoms with E-state index < -0.39 is 0 Å². The van der Waals surface area contributed by atoms with Crippen molar-refractivity contribution in [1.29, 1.82) is 0 Å². The van der Waals surface area contributed by atoms with Crippen molar-refractivity contribution in [2.24, 2.45) is 0 Å². The van der Waals surface area contributed by atoms with E-state index in [1.807, 2.05) is 12.3 Å². The average Bonchev–Trinajstić information content (AvgIpc) is 2.59. The SMILES string of the molecule is C[C@H](NC1CCCNCC1)c1ccccn1. The summed E-state index contributed by atoms with van der Waals surface area (Å²) < 4.78 is 0. The summed E-state index contributed by atoms with van der Waals surface area (Å²) in [5.41, 5.74) is 1.14. The second-order valence-electron chi connectivity index (χ2n) is 4.52. The maximum absolute atomic E-state index is 4.39. The van der Waals surface area contributed by atoms with E-state index in [-0.39, 0.29) is 0 Å². The molecule has 1 saturated heterocycles. The largest absolute Gasteiger partial charge is 0.317 e. The predicted octanol–water partition coefficient (Wildman–Crippen LogP) is 1.87. The van der Waals surface area contributed by atoms with E-state index in [9.17, 15) is 0 Å². The van der Waals surface area contributed by atoms with Crippen LogP contribution < -0.4 is 10.6 Å². The fourth-order valence-electron chi connectivity index (χ4n) is 2.26. The molecule has 0 saturated carbocycles. The molecule has 2 rings (SSSR count). The van der Waals surface area contributed by atoms with E-state index in [0.717, 1.165) is 18.8 Å². The summed E-state index contributed by atoms with van der Waals surface area (Å²) in [6.45, 7) is 4.49. The molecule has 2 N–H and O–H groups in total. The third kappa shape index (κ3) is 3.29. The summed E-state index contributed by atoms with van der Waals surface area (Å²) in [6, 6.07) is 7.09. The van der Waals surface area contributed by atoms with Gasteiger partial charge in [-0.3, -0.25) is 4.98 Å². The number of nitrogens with zero attached hydrogens (tertiary/aromatic N) is 1. The monoisotopic (exact) mass is 219 g/mol. The third-order valence-electron chi connectivity index (χ3n) is 3.19. The molecular formula is C13H21N3. The first kappa shape index (κ1) is 11.6. The fourth-order valence-corrected chi connectivity index (χ4v) is 2.26. The molecule has 88 valence electrons. The van der Waals surface area contributed by atoms with E-state index in [0.29, 0.717) is 12.1 Å². The van der Waals surface area contributed by atoms with Crippen LogP contribution in [0.5, 0.6) is 0 Å². The van der Waals surface area contributed by atoms with Crippen molar-refractivity contribution in [1.82, 2.24) is 15.6 Å². The first-order chi connectivity index (χ1) is 7.86. The van der Waals surface area contributed by atoms with Crippen molar-refractivity contribution < 1.29 is 0 Å². The standard InChI is InChI=1S/C13H21N3/c1-11(13-6-2-3-9-15-13)16-12-5-4-8-14-10-7-12/h2-3,6,9,11-12,14,16H,4-5,7-8,10H2,1H3/t11-,12?/m0/s1. The molecule has 2 heterocycles. The van der Waals surface area contributed by atoms with Crippen molar-refractivity contribution in [3.8, 4) is 0 Å². The molecule has 3 heteroatoms. The molecule has 0 bridgehead atoms. The minimum atomic E-state index is 0.351. The first-order valence-corrected chi connectivity index (χ1v) is 6.24. The Balaban J connectivity index is 1.88. The number of hydrogen-bond acceptors (Lipinski definition) is 3. The Kier molecular flexibility index (Phi) is 4.31. The molecule has 0 radical (unpaired) electrons. The molecule has 0 spiro atoms. The Labute approximate surface area is 97.7 Å². The van der Waals surface area contributed by atoms with Crippen molar-refractivity contribution in [2.75, 3.05) is 13.1 Å². The smallest absolute Gasteiger partial charge is 0.0570 e. The average molecular weight is 219 g/mol. The Bertz CT molecular complexity index is 291. The van der Waals surface area contributed by atoms with Gasteiger partial charge in [-0.2, -0.15) is 0 Å². The minimum absolute atomic E-state index is 0.351. The van der Waals surface area contributed by atoms with Crippen molar-refractivity contribution >= 4 is 0 Å². The molecule has 3 nitrogen and oxygen atoms in total. The van der Waals surface area contributed by atoms with Crippen LogP contribution in [-0.4, -0.2) is 24.1 Å². The topological polar surface area (TPSA) is 37.0 Å². The fraction of sp³-hybridized carbons (Fsp3) is 0.615. The lowest BCUT2D eigenvalue weighted by molar-refractivity contribution is 0.416. The molecule has 2 atom stereocenters. The summed E-state index contributed by atoms with van der Waals surface area (Å²) in [7, 11) is 0. The molecule has 0 aliphatic carbocycles. The molecule has 1 aliphatic heterocycles. The maximum Gasteiger partial charge on any atom is 0.0570 e. The Morgan fingerprint density at radius 1 is 1.38 bits per heavy atom. The zero-order chi connectivity index (χ0) is 11.2. The van der Waals surface area contributed by atoms with Crippen LogP contribution in [0.2, 0.25) is 0 Å². The highest BCUT2D eigenvalue weighted by atomic mass is 15.0. The zero-order valence-electron chi connectivity index (χ0n) is 9.95. The van der Waals surface area contributed by atoms with Crippen LogP contribution in [0, 0.1) is 0 Å². The summed E-state index contributed by atoms with van der Waals surface area (Å²) >= 11 is 0. The number of aromatic nitrogens is 1. The van der Waals surface area contributed by atoms with E-state index in [1.54, 1.807) is 0 Å². The van der Waals surface area contributed by atoms with Gasteiger partial charge in [0.1, 0.15) is 0 Å². The normalized spacial score (nSPS) is 23.7. The van der Waals surface area contributed by atoms with Gasteiger partial charge in [0.05, 0.1) is 5.69 Å². The van der Waals surface area contributed by atoms with Crippen LogP contribution in [0.4, 0.5) is 0 Å². The molecule has 16 heavy (non-hydrogen) atoms. The van der Waals surface area contributed by atoms with Gasteiger partial charge in [0.25, 0.3) is 0 Å². The number of rotatable bonds is 3. The molecular weight excluding hydrogens is 198 g/mol. The van der Waals surface area contributed by atoms with Gasteiger partial charge in [0, 0.05) is 18.3 Å². The van der Waals surface area contributed by atoms with Gasteiger partial charge in [-0.1, -0.05) is 6.07 Å². The summed E-state index contributed by atoms with van der Waals surface area (Å²) in [6.07, 6.45) is 5.62. The quantitative estimate of drug-likeness (QED) is 0.815. The van der Waals surface area contributed by atoms with Gasteiger partial charge in [0.15, 0.2) is 0 Å². The Hall–Kier alpha value is -0.930. The van der Waals surface area contributed by atoms with Crippen molar-refractivity contribution in [3.63, 3.8) is 0 Å². The van der Waals surface area contributed by atoms with Crippen LogP contribution >= 0.6 is 0 Å². The molecule has 0 aromatic carbocycles. The highest BCUT2D eigenvalue weighted by Crippen LogP contribution is 2.13. The van der Waals surface area contributed by atoms with Gasteiger partial charge in [0.2, 0.25) is 0 Å². The summed E-state index contributed by atoms with van der Waals surface area (Å²) in [5, 5.41) is 7.11. The van der Waals surface area contributed by atoms with Gasteiger partial charge in [-0.25, -0.2) is 0 Å². The van der Waals surface area contributed by atoms with Crippen LogP contribution in [-0.2, 0) is 0 Å². The lowest BCUT2D eigenvalue weighted by Gasteiger charge is -2.21. The Morgan fingerprint density at radius 3 is 3.12 bits per heavy atom. The van der Waals surface area contributed by atoms with Crippen LogP contribution in [0.1, 0.15) is 37.9 Å². The van der Waals surface area contributed by atoms with E-state index >= 15 is 0 Å². The number of hydrogen-bond donors (Lipinski definition) is 2. The number of nitrogens with one attached hydrogen (secondary N) is 2. The van der Waals surface area contributed by atoms with Crippen LogP contribution in [0.15, 0.2) is 24.4 Å². The second kappa shape index (κ2) is 5.97. The van der Waals surface area contributed by atoms with E-state index in [2.05, 4.69) is 34.7 Å². The van der Waals surface area contributed by atoms with Crippen LogP contribution in [0.3, 0.4) is 0 Å². The Morgan fingerprint density at radius 2 is 2.31 bits per heavy atom. The molecule has 1 aliphatic rings. The lowest BCUT2D eigenvalue weighted by atomic mass is 10.1. The van der Waals surface area contributed by atoms with E-state index in [4.69, 9.17) is 0 Å². The van der Waals surface area contributed by atoms with Gasteiger partial charge in [-0.15, -0.1) is 0 Å². The van der Waals surface area contributed by atoms with Gasteiger partial charge in [-0.05, 0) is 51.4 Å². The number of pyridine rings is 1. The molecule has 0 amide bonds. The van der Waals surface area contributed by atoms with Crippen molar-refractivity contribution in [3.05, 3.63) is 30.1 Å². The van der Waals surface area contributed by atoms with Crippen LogP contribution in [0.25, 0.3) is 0 Å². The molecule has 1 fully saturated rings. The highest BCUT2D eigenvalue weighted by Gasteiger charge is 2.15. The first-order valence-electron chi connectivity index (χ1n) is 6.24. The summed E-state index contributed by atoms with van der Waals surface area (Å²) in [5.74, 6) is 0. The second-order valence-corrected chi connectivity index (χ2v) is 4.52. The zero-order valence-corrected chi connectivity index (χ0v) is 9.95. The maximum atomic E-state index is 4.39. The van der Waals surface area contributed by atoms with Gasteiger partial charge < -0.3 is 10.6 Å². The van der Waals surface area contributed by atoms with E-state index in [1.165, 1.54) is 19.3 Å². The van der Waals surface area contributed by atoms with Gasteiger partial charge >= 0.3 is 0 Å². The predicted molar refractivity (Wildman–Crippen MR) is 66.3 cm³/mol. The lowest BCUT2D eigenvalue weighted by Crippen LogP contribution is -2.32. The molecule has 1 unspecified atom stereocenters. The molecule has 1 aromatic heterocycles. The third-order valence-corrected chi connectivity index (χ3v) is 3.19. The minimum Gasteiger partial charge on any atom is -0.317 e. The highest BCUT2D eigenvalue weighted by molar-refractivity contribution is 5.07. The van der Waals surface area contributed by atoms with Crippen molar-refractivity contribution in [2.45, 2.75) is 38.3 Å².